The number of benzene rings is 1. The molecule has 4 rings (SSSR count). The molecule has 6 nitrogen and oxygen atoms in total. The molecule has 1 atom stereocenters. The molecule has 0 aliphatic carbocycles. The van der Waals surface area contributed by atoms with Crippen molar-refractivity contribution in [1.29, 1.82) is 0 Å². The van der Waals surface area contributed by atoms with Gasteiger partial charge < -0.3 is 13.9 Å². The number of para-hydroxylation sites is 1. The fourth-order valence-corrected chi connectivity index (χ4v) is 4.14. The van der Waals surface area contributed by atoms with Crippen LogP contribution in [0.25, 0.3) is 11.4 Å². The van der Waals surface area contributed by atoms with E-state index >= 15 is 0 Å². The molecule has 0 radical (unpaired) electrons. The maximum atomic E-state index is 12.9. The summed E-state index contributed by atoms with van der Waals surface area (Å²) in [5, 5.41) is 9.01. The Bertz CT molecular complexity index is 962. The second-order valence-electron chi connectivity index (χ2n) is 6.38. The van der Waals surface area contributed by atoms with E-state index < -0.39 is 0 Å². The van der Waals surface area contributed by atoms with E-state index in [1.54, 1.807) is 6.26 Å². The van der Waals surface area contributed by atoms with Crippen LogP contribution in [0, 0.1) is 6.92 Å². The summed E-state index contributed by atoms with van der Waals surface area (Å²) < 4.78 is 7.26. The lowest BCUT2D eigenvalue weighted by atomic mass is 10.2. The molecular formula is C19H20N4O2S. The average Bonchev–Trinajstić information content (AvgIpc) is 3.34. The number of nitrogens with zero attached hydrogens (tertiary/aromatic N) is 4. The van der Waals surface area contributed by atoms with Crippen LogP contribution in [0.3, 0.4) is 0 Å². The standard InChI is InChI=1S/C19H20N4O2S/c1-12-15(9-11-25-12)17-20-21-19(22(17)3)26-13(2)18(24)23-10-8-14-6-4-5-7-16(14)23/h4-7,9,11,13H,8,10H2,1-3H3/t13-/m0/s1. The maximum Gasteiger partial charge on any atom is 0.240 e. The first-order valence-corrected chi connectivity index (χ1v) is 9.44. The van der Waals surface area contributed by atoms with Crippen molar-refractivity contribution < 1.29 is 9.21 Å². The molecule has 3 aromatic rings. The molecule has 3 heterocycles. The molecular weight excluding hydrogens is 348 g/mol. The number of rotatable bonds is 4. The smallest absolute Gasteiger partial charge is 0.240 e. The number of aryl methyl sites for hydroxylation is 1. The molecule has 0 bridgehead atoms. The summed E-state index contributed by atoms with van der Waals surface area (Å²) in [5.74, 6) is 1.64. The number of hydrogen-bond acceptors (Lipinski definition) is 5. The Kier molecular flexibility index (Phi) is 4.32. The highest BCUT2D eigenvalue weighted by Gasteiger charge is 2.29. The highest BCUT2D eigenvalue weighted by molar-refractivity contribution is 8.00. The summed E-state index contributed by atoms with van der Waals surface area (Å²) in [6, 6.07) is 9.97. The fraction of sp³-hybridized carbons (Fsp3) is 0.316. The highest BCUT2D eigenvalue weighted by atomic mass is 32.2. The van der Waals surface area contributed by atoms with Crippen LogP contribution < -0.4 is 4.90 Å². The maximum absolute atomic E-state index is 12.9. The number of amides is 1. The van der Waals surface area contributed by atoms with E-state index in [4.69, 9.17) is 4.42 Å². The van der Waals surface area contributed by atoms with Gasteiger partial charge in [-0.05, 0) is 38.0 Å². The summed E-state index contributed by atoms with van der Waals surface area (Å²) in [5.41, 5.74) is 3.17. The van der Waals surface area contributed by atoms with Crippen molar-refractivity contribution in [2.75, 3.05) is 11.4 Å². The Morgan fingerprint density at radius 1 is 1.27 bits per heavy atom. The Morgan fingerprint density at radius 3 is 2.85 bits per heavy atom. The number of anilines is 1. The number of thioether (sulfide) groups is 1. The van der Waals surface area contributed by atoms with E-state index in [1.807, 2.05) is 54.6 Å². The zero-order chi connectivity index (χ0) is 18.3. The molecule has 1 amide bonds. The molecule has 0 saturated heterocycles. The average molecular weight is 368 g/mol. The molecule has 7 heteroatoms. The monoisotopic (exact) mass is 368 g/mol. The Balaban J connectivity index is 1.52. The fourth-order valence-electron chi connectivity index (χ4n) is 3.26. The number of carbonyl (C=O) groups is 1. The minimum atomic E-state index is -0.248. The van der Waals surface area contributed by atoms with Gasteiger partial charge in [-0.15, -0.1) is 10.2 Å². The quantitative estimate of drug-likeness (QED) is 0.660. The first-order chi connectivity index (χ1) is 12.6. The van der Waals surface area contributed by atoms with Crippen LogP contribution in [-0.2, 0) is 18.3 Å². The second kappa shape index (κ2) is 6.64. The summed E-state index contributed by atoms with van der Waals surface area (Å²) in [6.07, 6.45) is 2.55. The van der Waals surface area contributed by atoms with Crippen molar-refractivity contribution in [3.05, 3.63) is 47.9 Å². The van der Waals surface area contributed by atoms with Crippen LogP contribution in [0.15, 0.2) is 46.2 Å². The van der Waals surface area contributed by atoms with Crippen LogP contribution in [0.2, 0.25) is 0 Å². The summed E-state index contributed by atoms with van der Waals surface area (Å²) >= 11 is 1.43. The van der Waals surface area contributed by atoms with Gasteiger partial charge in [-0.3, -0.25) is 4.79 Å². The highest BCUT2D eigenvalue weighted by Crippen LogP contribution is 2.32. The Labute approximate surface area is 156 Å². The first kappa shape index (κ1) is 16.9. The van der Waals surface area contributed by atoms with Crippen LogP contribution in [0.1, 0.15) is 18.2 Å². The Hall–Kier alpha value is -2.54. The van der Waals surface area contributed by atoms with E-state index in [0.717, 1.165) is 35.8 Å². The lowest BCUT2D eigenvalue weighted by Crippen LogP contribution is -2.35. The van der Waals surface area contributed by atoms with Crippen molar-refractivity contribution in [2.24, 2.45) is 7.05 Å². The third-order valence-electron chi connectivity index (χ3n) is 4.72. The topological polar surface area (TPSA) is 64.2 Å². The van der Waals surface area contributed by atoms with E-state index in [2.05, 4.69) is 16.3 Å². The van der Waals surface area contributed by atoms with Crippen LogP contribution in [0.4, 0.5) is 5.69 Å². The zero-order valence-corrected chi connectivity index (χ0v) is 15.8. The molecule has 134 valence electrons. The summed E-state index contributed by atoms with van der Waals surface area (Å²) in [4.78, 5) is 14.8. The molecule has 0 N–H and O–H groups in total. The van der Waals surface area contributed by atoms with Gasteiger partial charge in [0.15, 0.2) is 11.0 Å². The zero-order valence-electron chi connectivity index (χ0n) is 15.0. The molecule has 2 aromatic heterocycles. The van der Waals surface area contributed by atoms with Crippen LogP contribution in [0.5, 0.6) is 0 Å². The van der Waals surface area contributed by atoms with E-state index in [9.17, 15) is 4.79 Å². The number of aromatic nitrogens is 3. The van der Waals surface area contributed by atoms with E-state index in [1.165, 1.54) is 17.3 Å². The van der Waals surface area contributed by atoms with Crippen molar-refractivity contribution in [3.63, 3.8) is 0 Å². The van der Waals surface area contributed by atoms with Gasteiger partial charge in [0.05, 0.1) is 17.1 Å². The Morgan fingerprint density at radius 2 is 2.08 bits per heavy atom. The summed E-state index contributed by atoms with van der Waals surface area (Å²) in [7, 11) is 1.91. The predicted octanol–water partition coefficient (Wildman–Crippen LogP) is 3.45. The van der Waals surface area contributed by atoms with Crippen LogP contribution >= 0.6 is 11.8 Å². The molecule has 0 saturated carbocycles. The van der Waals surface area contributed by atoms with Crippen molar-refractivity contribution in [1.82, 2.24) is 14.8 Å². The molecule has 0 spiro atoms. The second-order valence-corrected chi connectivity index (χ2v) is 7.69. The number of hydrogen-bond donors (Lipinski definition) is 0. The number of furan rings is 1. The van der Waals surface area contributed by atoms with Gasteiger partial charge >= 0.3 is 0 Å². The third kappa shape index (κ3) is 2.82. The molecule has 1 aromatic carbocycles. The lowest BCUT2D eigenvalue weighted by molar-refractivity contribution is -0.117. The molecule has 0 unspecified atom stereocenters. The van der Waals surface area contributed by atoms with Crippen molar-refractivity contribution in [3.8, 4) is 11.4 Å². The molecule has 26 heavy (non-hydrogen) atoms. The van der Waals surface area contributed by atoms with Gasteiger partial charge in [-0.1, -0.05) is 30.0 Å². The van der Waals surface area contributed by atoms with Gasteiger partial charge in [0.1, 0.15) is 5.76 Å². The van der Waals surface area contributed by atoms with E-state index in [0.29, 0.717) is 5.16 Å². The lowest BCUT2D eigenvalue weighted by Gasteiger charge is -2.21. The van der Waals surface area contributed by atoms with Crippen molar-refractivity contribution in [2.45, 2.75) is 30.7 Å². The van der Waals surface area contributed by atoms with E-state index in [-0.39, 0.29) is 11.2 Å². The molecule has 1 aliphatic rings. The minimum absolute atomic E-state index is 0.101. The van der Waals surface area contributed by atoms with Crippen LogP contribution in [-0.4, -0.2) is 32.5 Å². The normalized spacial score (nSPS) is 14.5. The summed E-state index contributed by atoms with van der Waals surface area (Å²) in [6.45, 7) is 4.56. The third-order valence-corrected chi connectivity index (χ3v) is 5.84. The molecule has 0 fully saturated rings. The van der Waals surface area contributed by atoms with Crippen molar-refractivity contribution >= 4 is 23.4 Å². The van der Waals surface area contributed by atoms with Gasteiger partial charge in [-0.25, -0.2) is 0 Å². The van der Waals surface area contributed by atoms with Gasteiger partial charge in [0.2, 0.25) is 5.91 Å². The van der Waals surface area contributed by atoms with Gasteiger partial charge in [0, 0.05) is 19.3 Å². The number of fused-ring (bicyclic) bond motifs is 1. The number of carbonyl (C=O) groups excluding carboxylic acids is 1. The first-order valence-electron chi connectivity index (χ1n) is 8.56. The van der Waals surface area contributed by atoms with Gasteiger partial charge in [-0.2, -0.15) is 0 Å². The predicted molar refractivity (Wildman–Crippen MR) is 101 cm³/mol. The minimum Gasteiger partial charge on any atom is -0.469 e. The van der Waals surface area contributed by atoms with Gasteiger partial charge in [0.25, 0.3) is 0 Å². The largest absolute Gasteiger partial charge is 0.469 e. The SMILES string of the molecule is Cc1occc1-c1nnc(S[C@@H](C)C(=O)N2CCc3ccccc32)n1C. The molecule has 1 aliphatic heterocycles.